The van der Waals surface area contributed by atoms with Gasteiger partial charge in [-0.05, 0) is 19.1 Å². The highest BCUT2D eigenvalue weighted by Gasteiger charge is 2.15. The lowest BCUT2D eigenvalue weighted by molar-refractivity contribution is -0.131. The molecular weight excluding hydrogens is 234 g/mol. The van der Waals surface area contributed by atoms with Crippen LogP contribution < -0.4 is 15.2 Å². The zero-order valence-corrected chi connectivity index (χ0v) is 10.6. The third-order valence-corrected chi connectivity index (χ3v) is 2.62. The SMILES string of the molecule is COc1ccc(C(N)/C=C/C(=O)O)c(OC)c1C. The molecule has 18 heavy (non-hydrogen) atoms. The molecule has 0 aromatic heterocycles. The van der Waals surface area contributed by atoms with Crippen LogP contribution in [0.4, 0.5) is 0 Å². The highest BCUT2D eigenvalue weighted by atomic mass is 16.5. The third-order valence-electron chi connectivity index (χ3n) is 2.62. The quantitative estimate of drug-likeness (QED) is 0.778. The van der Waals surface area contributed by atoms with Gasteiger partial charge in [0.1, 0.15) is 11.5 Å². The van der Waals surface area contributed by atoms with E-state index in [-0.39, 0.29) is 0 Å². The molecule has 1 rings (SSSR count). The summed E-state index contributed by atoms with van der Waals surface area (Å²) < 4.78 is 10.5. The molecule has 1 aromatic rings. The number of ether oxygens (including phenoxy) is 2. The van der Waals surface area contributed by atoms with Crippen molar-refractivity contribution >= 4 is 5.97 Å². The molecule has 1 atom stereocenters. The molecular formula is C13H17NO4. The molecule has 0 heterocycles. The van der Waals surface area contributed by atoms with Crippen molar-refractivity contribution in [2.24, 2.45) is 5.73 Å². The summed E-state index contributed by atoms with van der Waals surface area (Å²) in [6, 6.07) is 3.00. The minimum atomic E-state index is -1.03. The van der Waals surface area contributed by atoms with Crippen LogP contribution in [-0.2, 0) is 4.79 Å². The Labute approximate surface area is 106 Å². The lowest BCUT2D eigenvalue weighted by atomic mass is 10.0. The van der Waals surface area contributed by atoms with Crippen LogP contribution in [0.3, 0.4) is 0 Å². The Morgan fingerprint density at radius 1 is 1.39 bits per heavy atom. The highest BCUT2D eigenvalue weighted by molar-refractivity contribution is 5.79. The van der Waals surface area contributed by atoms with Gasteiger partial charge in [0.05, 0.1) is 20.3 Å². The summed E-state index contributed by atoms with van der Waals surface area (Å²) in [4.78, 5) is 10.5. The first-order chi connectivity index (χ1) is 8.51. The number of nitrogens with two attached hydrogens (primary N) is 1. The van der Waals surface area contributed by atoms with Crippen molar-refractivity contribution < 1.29 is 19.4 Å². The molecule has 1 aromatic carbocycles. The summed E-state index contributed by atoms with van der Waals surface area (Å²) in [6.45, 7) is 1.86. The van der Waals surface area contributed by atoms with Crippen molar-refractivity contribution in [1.29, 1.82) is 0 Å². The second kappa shape index (κ2) is 6.07. The largest absolute Gasteiger partial charge is 0.496 e. The molecule has 5 nitrogen and oxygen atoms in total. The first kappa shape index (κ1) is 14.1. The standard InChI is InChI=1S/C13H17NO4/c1-8-11(17-2)6-4-9(13(8)18-3)10(14)5-7-12(15)16/h4-7,10H,14H2,1-3H3,(H,15,16)/b7-5+. The Balaban J connectivity index is 3.16. The van der Waals surface area contributed by atoms with E-state index in [0.717, 1.165) is 11.6 Å². The van der Waals surface area contributed by atoms with Crippen LogP contribution in [0.1, 0.15) is 17.2 Å². The number of carbonyl (C=O) groups is 1. The van der Waals surface area contributed by atoms with Crippen molar-refractivity contribution in [3.63, 3.8) is 0 Å². The Bertz CT molecular complexity index is 468. The molecule has 0 radical (unpaired) electrons. The average Bonchev–Trinajstić information content (AvgIpc) is 2.35. The van der Waals surface area contributed by atoms with Gasteiger partial charge in [0, 0.05) is 17.2 Å². The summed E-state index contributed by atoms with van der Waals surface area (Å²) >= 11 is 0. The first-order valence-electron chi connectivity index (χ1n) is 5.39. The second-order valence-electron chi connectivity index (χ2n) is 3.74. The number of aliphatic carboxylic acids is 1. The minimum absolute atomic E-state index is 0.541. The molecule has 0 fully saturated rings. The van der Waals surface area contributed by atoms with E-state index in [0.29, 0.717) is 17.1 Å². The van der Waals surface area contributed by atoms with E-state index < -0.39 is 12.0 Å². The van der Waals surface area contributed by atoms with Gasteiger partial charge in [0.2, 0.25) is 0 Å². The predicted octanol–water partition coefficient (Wildman–Crippen LogP) is 1.65. The van der Waals surface area contributed by atoms with E-state index in [1.807, 2.05) is 6.92 Å². The molecule has 0 bridgehead atoms. The zero-order chi connectivity index (χ0) is 13.7. The summed E-state index contributed by atoms with van der Waals surface area (Å²) in [5.41, 5.74) is 7.46. The highest BCUT2D eigenvalue weighted by Crippen LogP contribution is 2.34. The van der Waals surface area contributed by atoms with Gasteiger partial charge >= 0.3 is 5.97 Å². The Morgan fingerprint density at radius 3 is 2.56 bits per heavy atom. The number of carboxylic acids is 1. The van der Waals surface area contributed by atoms with Gasteiger partial charge in [0.15, 0.2) is 0 Å². The van der Waals surface area contributed by atoms with Crippen LogP contribution in [0.2, 0.25) is 0 Å². The van der Waals surface area contributed by atoms with Crippen LogP contribution in [-0.4, -0.2) is 25.3 Å². The molecule has 5 heteroatoms. The number of carboxylic acid groups (broad SMARTS) is 1. The van der Waals surface area contributed by atoms with E-state index in [2.05, 4.69) is 0 Å². The monoisotopic (exact) mass is 251 g/mol. The molecule has 0 saturated carbocycles. The first-order valence-corrected chi connectivity index (χ1v) is 5.39. The zero-order valence-electron chi connectivity index (χ0n) is 10.6. The fourth-order valence-corrected chi connectivity index (χ4v) is 1.74. The lowest BCUT2D eigenvalue weighted by Gasteiger charge is -2.16. The smallest absolute Gasteiger partial charge is 0.328 e. The third kappa shape index (κ3) is 3.01. The van der Waals surface area contributed by atoms with Crippen LogP contribution in [0.25, 0.3) is 0 Å². The van der Waals surface area contributed by atoms with Crippen LogP contribution in [0.5, 0.6) is 11.5 Å². The van der Waals surface area contributed by atoms with Crippen molar-refractivity contribution in [1.82, 2.24) is 0 Å². The molecule has 3 N–H and O–H groups in total. The van der Waals surface area contributed by atoms with Gasteiger partial charge < -0.3 is 20.3 Å². The van der Waals surface area contributed by atoms with E-state index >= 15 is 0 Å². The second-order valence-corrected chi connectivity index (χ2v) is 3.74. The fourth-order valence-electron chi connectivity index (χ4n) is 1.74. The van der Waals surface area contributed by atoms with Gasteiger partial charge in [-0.3, -0.25) is 0 Å². The normalized spacial score (nSPS) is 12.4. The van der Waals surface area contributed by atoms with Gasteiger partial charge in [-0.25, -0.2) is 4.79 Å². The summed E-state index contributed by atoms with van der Waals surface area (Å²) in [6.07, 6.45) is 2.43. The van der Waals surface area contributed by atoms with Crippen molar-refractivity contribution in [3.05, 3.63) is 35.4 Å². The number of rotatable bonds is 5. The fraction of sp³-hybridized carbons (Fsp3) is 0.308. The van der Waals surface area contributed by atoms with Gasteiger partial charge in [-0.1, -0.05) is 6.08 Å². The number of methoxy groups -OCH3 is 2. The van der Waals surface area contributed by atoms with E-state index in [1.54, 1.807) is 26.4 Å². The van der Waals surface area contributed by atoms with Gasteiger partial charge in [-0.15, -0.1) is 0 Å². The maximum Gasteiger partial charge on any atom is 0.328 e. The topological polar surface area (TPSA) is 81.8 Å². The molecule has 0 amide bonds. The van der Waals surface area contributed by atoms with E-state index in [9.17, 15) is 4.79 Å². The van der Waals surface area contributed by atoms with E-state index in [4.69, 9.17) is 20.3 Å². The molecule has 1 unspecified atom stereocenters. The molecule has 0 saturated heterocycles. The van der Waals surface area contributed by atoms with Crippen LogP contribution in [0, 0.1) is 6.92 Å². The van der Waals surface area contributed by atoms with Gasteiger partial charge in [-0.2, -0.15) is 0 Å². The minimum Gasteiger partial charge on any atom is -0.496 e. The van der Waals surface area contributed by atoms with Crippen molar-refractivity contribution in [3.8, 4) is 11.5 Å². The maximum absolute atomic E-state index is 10.5. The summed E-state index contributed by atoms with van der Waals surface area (Å²) in [5, 5.41) is 8.58. The Kier molecular flexibility index (Phi) is 4.74. The number of hydrogen-bond acceptors (Lipinski definition) is 4. The average molecular weight is 251 g/mol. The summed E-state index contributed by atoms with van der Waals surface area (Å²) in [5.74, 6) is 0.275. The molecule has 0 aliphatic carbocycles. The number of benzene rings is 1. The summed E-state index contributed by atoms with van der Waals surface area (Å²) in [7, 11) is 3.12. The molecule has 0 spiro atoms. The Hall–Kier alpha value is -2.01. The Morgan fingerprint density at radius 2 is 2.06 bits per heavy atom. The molecule has 98 valence electrons. The molecule has 0 aliphatic heterocycles. The maximum atomic E-state index is 10.5. The molecule has 0 aliphatic rings. The van der Waals surface area contributed by atoms with Crippen molar-refractivity contribution in [2.45, 2.75) is 13.0 Å². The van der Waals surface area contributed by atoms with Crippen LogP contribution in [0.15, 0.2) is 24.3 Å². The lowest BCUT2D eigenvalue weighted by Crippen LogP contribution is -2.10. The van der Waals surface area contributed by atoms with E-state index in [1.165, 1.54) is 6.08 Å². The van der Waals surface area contributed by atoms with Crippen LogP contribution >= 0.6 is 0 Å². The predicted molar refractivity (Wildman–Crippen MR) is 68.0 cm³/mol. The van der Waals surface area contributed by atoms with Crippen molar-refractivity contribution in [2.75, 3.05) is 14.2 Å². The van der Waals surface area contributed by atoms with Gasteiger partial charge in [0.25, 0.3) is 0 Å². The number of hydrogen-bond donors (Lipinski definition) is 2.